The van der Waals surface area contributed by atoms with Crippen molar-refractivity contribution in [2.45, 2.75) is 69.3 Å². The number of anilines is 1. The van der Waals surface area contributed by atoms with E-state index in [4.69, 9.17) is 15.2 Å². The van der Waals surface area contributed by atoms with E-state index < -0.39 is 58.9 Å². The number of Topliss-reactive ketones (excluding diaryl/α,β-unsaturated/α-hetero) is 1. The van der Waals surface area contributed by atoms with E-state index in [1.54, 1.807) is 61.5 Å². The highest BCUT2D eigenvalue weighted by Gasteiger charge is 2.79. The lowest BCUT2D eigenvalue weighted by molar-refractivity contribution is -0.231. The molecule has 3 saturated carbocycles. The van der Waals surface area contributed by atoms with E-state index in [0.29, 0.717) is 47.2 Å². The molecule has 8 nitrogen and oxygen atoms in total. The number of allylic oxidation sites excluding steroid dienone is 4. The number of carbonyl (C=O) groups is 3. The first-order valence-corrected chi connectivity index (χ1v) is 15.2. The molecule has 0 amide bonds. The molecule has 0 unspecified atom stereocenters. The topological polar surface area (TPSA) is 136 Å². The van der Waals surface area contributed by atoms with Gasteiger partial charge in [-0.2, -0.15) is 0 Å². The van der Waals surface area contributed by atoms with E-state index in [0.717, 1.165) is 0 Å². The minimum absolute atomic E-state index is 0.0821. The molecule has 0 radical (unpaired) electrons. The fourth-order valence-corrected chi connectivity index (χ4v) is 9.36. The van der Waals surface area contributed by atoms with Gasteiger partial charge in [-0.15, -0.1) is 0 Å². The Morgan fingerprint density at radius 2 is 1.84 bits per heavy atom. The van der Waals surface area contributed by atoms with Crippen LogP contribution in [0.2, 0.25) is 0 Å². The third-order valence-corrected chi connectivity index (χ3v) is 11.5. The van der Waals surface area contributed by atoms with Crippen LogP contribution in [0.4, 0.5) is 10.1 Å². The summed E-state index contributed by atoms with van der Waals surface area (Å²) in [6.07, 6.45) is 2.38. The van der Waals surface area contributed by atoms with Gasteiger partial charge in [-0.1, -0.05) is 55.0 Å². The van der Waals surface area contributed by atoms with Gasteiger partial charge in [0.25, 0.3) is 0 Å². The molecule has 5 aliphatic rings. The van der Waals surface area contributed by atoms with E-state index in [9.17, 15) is 24.6 Å². The van der Waals surface area contributed by atoms with Crippen LogP contribution in [0.25, 0.3) is 0 Å². The minimum Gasteiger partial charge on any atom is -0.399 e. The number of halogens is 1. The van der Waals surface area contributed by atoms with Crippen LogP contribution < -0.4 is 5.73 Å². The molecule has 1 saturated heterocycles. The van der Waals surface area contributed by atoms with Gasteiger partial charge in [0, 0.05) is 39.1 Å². The Balaban J connectivity index is 1.21. The van der Waals surface area contributed by atoms with E-state index in [-0.39, 0.29) is 23.9 Å². The normalized spacial score (nSPS) is 40.4. The maximum absolute atomic E-state index is 17.5. The summed E-state index contributed by atoms with van der Waals surface area (Å²) in [4.78, 5) is 38.8. The monoisotopic (exact) mass is 601 g/mol. The van der Waals surface area contributed by atoms with Crippen LogP contribution in [0.1, 0.15) is 67.3 Å². The third kappa shape index (κ3) is 3.67. The van der Waals surface area contributed by atoms with Crippen molar-refractivity contribution in [1.29, 1.82) is 0 Å². The average Bonchev–Trinajstić information content (AvgIpc) is 3.51. The SMILES string of the molecule is C[C@]12C=CC(=O)C=C1CC[C@H]1[C@@H]3C[C@H]4O[C@@H](c5ccc(C(=O)c6cccc(N)c6)cc5)O[C@@]4(C(=O)CO)[C@@]3(C)C[C@H](O)[C@@]12F. The van der Waals surface area contributed by atoms with Gasteiger partial charge in [-0.25, -0.2) is 4.39 Å². The van der Waals surface area contributed by atoms with Crippen LogP contribution >= 0.6 is 0 Å². The fraction of sp³-hybridized carbons (Fsp3) is 0.457. The lowest BCUT2D eigenvalue weighted by Crippen LogP contribution is -2.69. The Bertz CT molecular complexity index is 1640. The van der Waals surface area contributed by atoms with Crippen molar-refractivity contribution in [3.05, 3.63) is 89.0 Å². The molecule has 1 aliphatic heterocycles. The lowest BCUT2D eigenvalue weighted by atomic mass is 9.44. The highest BCUT2D eigenvalue weighted by Crippen LogP contribution is 2.72. The van der Waals surface area contributed by atoms with Crippen LogP contribution in [-0.2, 0) is 19.1 Å². The quantitative estimate of drug-likeness (QED) is 0.343. The fourth-order valence-electron chi connectivity index (χ4n) is 9.36. The number of nitrogen functional groups attached to an aromatic ring is 1. The van der Waals surface area contributed by atoms with Crippen LogP contribution in [-0.4, -0.2) is 57.6 Å². The number of alkyl halides is 1. The predicted octanol–water partition coefficient (Wildman–Crippen LogP) is 4.19. The summed E-state index contributed by atoms with van der Waals surface area (Å²) in [5, 5.41) is 21.9. The number of carbonyl (C=O) groups excluding carboxylic acids is 3. The molecule has 4 N–H and O–H groups in total. The van der Waals surface area contributed by atoms with Gasteiger partial charge in [0.15, 0.2) is 34.9 Å². The number of aliphatic hydroxyl groups excluding tert-OH is 2. The highest BCUT2D eigenvalue weighted by atomic mass is 19.1. The molecule has 0 bridgehead atoms. The molecule has 2 aromatic carbocycles. The molecule has 230 valence electrons. The molecule has 4 aliphatic carbocycles. The van der Waals surface area contributed by atoms with E-state index in [2.05, 4.69) is 0 Å². The van der Waals surface area contributed by atoms with Crippen molar-refractivity contribution in [3.8, 4) is 0 Å². The van der Waals surface area contributed by atoms with Crippen molar-refractivity contribution in [2.75, 3.05) is 12.3 Å². The molecule has 0 spiro atoms. The van der Waals surface area contributed by atoms with Gasteiger partial charge in [-0.3, -0.25) is 14.4 Å². The summed E-state index contributed by atoms with van der Waals surface area (Å²) in [5.41, 5.74) is 2.62. The second kappa shape index (κ2) is 9.75. The van der Waals surface area contributed by atoms with Crippen molar-refractivity contribution in [1.82, 2.24) is 0 Å². The molecule has 2 aromatic rings. The first-order valence-electron chi connectivity index (χ1n) is 15.2. The summed E-state index contributed by atoms with van der Waals surface area (Å²) < 4.78 is 30.5. The van der Waals surface area contributed by atoms with E-state index >= 15 is 4.39 Å². The van der Waals surface area contributed by atoms with Gasteiger partial charge in [0.1, 0.15) is 6.61 Å². The molecule has 9 atom stereocenters. The predicted molar refractivity (Wildman–Crippen MR) is 158 cm³/mol. The van der Waals surface area contributed by atoms with Crippen molar-refractivity contribution in [2.24, 2.45) is 22.7 Å². The minimum atomic E-state index is -2.06. The van der Waals surface area contributed by atoms with Crippen LogP contribution in [0, 0.1) is 22.7 Å². The van der Waals surface area contributed by atoms with Crippen molar-refractivity contribution in [3.63, 3.8) is 0 Å². The second-order valence-electron chi connectivity index (χ2n) is 13.5. The zero-order valence-electron chi connectivity index (χ0n) is 24.7. The number of fused-ring (bicyclic) bond motifs is 7. The number of hydrogen-bond acceptors (Lipinski definition) is 8. The molecular weight excluding hydrogens is 565 g/mol. The highest BCUT2D eigenvalue weighted by molar-refractivity contribution is 6.09. The summed E-state index contributed by atoms with van der Waals surface area (Å²) in [5.74, 6) is -1.97. The molecule has 1 heterocycles. The number of hydrogen-bond donors (Lipinski definition) is 3. The zero-order chi connectivity index (χ0) is 31.2. The van der Waals surface area contributed by atoms with E-state index in [1.807, 2.05) is 6.92 Å². The molecule has 0 aromatic heterocycles. The summed E-state index contributed by atoms with van der Waals surface area (Å²) in [7, 11) is 0. The summed E-state index contributed by atoms with van der Waals surface area (Å²) in [6.45, 7) is 2.80. The van der Waals surface area contributed by atoms with Crippen LogP contribution in [0.5, 0.6) is 0 Å². The Kier molecular flexibility index (Phi) is 6.47. The van der Waals surface area contributed by atoms with Gasteiger partial charge in [0.2, 0.25) is 0 Å². The number of aliphatic hydroxyl groups is 2. The largest absolute Gasteiger partial charge is 0.399 e. The maximum atomic E-state index is 17.5. The van der Waals surface area contributed by atoms with Gasteiger partial charge < -0.3 is 25.4 Å². The van der Waals surface area contributed by atoms with Crippen molar-refractivity contribution >= 4 is 23.0 Å². The zero-order valence-corrected chi connectivity index (χ0v) is 24.7. The molecule has 4 fully saturated rings. The lowest BCUT2D eigenvalue weighted by Gasteiger charge is -2.62. The summed E-state index contributed by atoms with van der Waals surface area (Å²) in [6, 6.07) is 13.4. The maximum Gasteiger partial charge on any atom is 0.193 e. The first-order chi connectivity index (χ1) is 20.9. The molecule has 7 rings (SSSR count). The van der Waals surface area contributed by atoms with Gasteiger partial charge in [-0.05, 0) is 62.8 Å². The summed E-state index contributed by atoms with van der Waals surface area (Å²) >= 11 is 0. The Labute approximate surface area is 254 Å². The van der Waals surface area contributed by atoms with Crippen LogP contribution in [0.15, 0.2) is 72.3 Å². The number of nitrogens with two attached hydrogens (primary N) is 1. The molecular formula is C35H36FNO7. The van der Waals surface area contributed by atoms with Crippen LogP contribution in [0.3, 0.4) is 0 Å². The molecule has 9 heteroatoms. The Morgan fingerprint density at radius 3 is 2.55 bits per heavy atom. The van der Waals surface area contributed by atoms with Gasteiger partial charge in [0.05, 0.1) is 12.2 Å². The standard InChI is InChI=1S/C35H36FNO7/c1-32-13-12-24(39)15-22(32)10-11-25-26-16-29-35(28(41)18-38,33(26,2)17-27(40)34(25,32)36)44-31(43-29)20-8-6-19(7-9-20)30(42)21-4-3-5-23(37)14-21/h3-9,12-15,25-27,29,31,38,40H,10-11,16-18,37H2,1-2H3/t25-,26-,27-,29+,31+,32-,33-,34-,35+/m0/s1. The number of ketones is 3. The first kappa shape index (κ1) is 29.2. The smallest absolute Gasteiger partial charge is 0.193 e. The number of benzene rings is 2. The second-order valence-corrected chi connectivity index (χ2v) is 13.5. The number of rotatable bonds is 5. The third-order valence-electron chi connectivity index (χ3n) is 11.5. The van der Waals surface area contributed by atoms with E-state index in [1.165, 1.54) is 12.2 Å². The Hall–Kier alpha value is -3.50. The van der Waals surface area contributed by atoms with Gasteiger partial charge >= 0.3 is 0 Å². The average molecular weight is 602 g/mol. The molecule has 44 heavy (non-hydrogen) atoms. The number of ether oxygens (including phenoxy) is 2. The Morgan fingerprint density at radius 1 is 1.09 bits per heavy atom. The van der Waals surface area contributed by atoms with Crippen molar-refractivity contribution < 1.29 is 38.5 Å².